The molecule has 0 saturated carbocycles. The Balaban J connectivity index is 1.48. The Kier molecular flexibility index (Phi) is 13.0. The molecule has 12 N–H and O–H groups in total. The van der Waals surface area contributed by atoms with Crippen LogP contribution in [0.25, 0.3) is 0 Å². The molecule has 48 heavy (non-hydrogen) atoms. The highest BCUT2D eigenvalue weighted by molar-refractivity contribution is 5.73. The molecule has 4 rings (SSSR count). The molecule has 4 heterocycles. The van der Waals surface area contributed by atoms with Gasteiger partial charge in [-0.2, -0.15) is 0 Å². The van der Waals surface area contributed by atoms with Crippen molar-refractivity contribution < 1.29 is 109 Å². The van der Waals surface area contributed by atoms with Gasteiger partial charge in [0.25, 0.3) is 0 Å². The lowest BCUT2D eigenvalue weighted by Crippen LogP contribution is -2.67. The van der Waals surface area contributed by atoms with Crippen molar-refractivity contribution in [2.24, 2.45) is 0 Å². The number of aliphatic hydroxyl groups is 11. The van der Waals surface area contributed by atoms with Crippen LogP contribution < -0.4 is 0 Å². The van der Waals surface area contributed by atoms with Gasteiger partial charge in [-0.3, -0.25) is 4.79 Å². The summed E-state index contributed by atoms with van der Waals surface area (Å²) in [5.41, 5.74) is 0. The smallest absolute Gasteiger partial charge is 0.335 e. The summed E-state index contributed by atoms with van der Waals surface area (Å²) in [7, 11) is 0. The van der Waals surface area contributed by atoms with Crippen LogP contribution in [0, 0.1) is 0 Å². The van der Waals surface area contributed by atoms with Gasteiger partial charge in [0.1, 0.15) is 79.4 Å². The third kappa shape index (κ3) is 7.91. The van der Waals surface area contributed by atoms with Crippen molar-refractivity contribution in [3.05, 3.63) is 0 Å². The van der Waals surface area contributed by atoms with E-state index in [2.05, 4.69) is 0 Å². The zero-order chi connectivity index (χ0) is 35.8. The number of carboxylic acids is 1. The first kappa shape index (κ1) is 39.0. The summed E-state index contributed by atoms with van der Waals surface area (Å²) in [6.45, 7) is 0.567. The van der Waals surface area contributed by atoms with Crippen molar-refractivity contribution >= 4 is 11.9 Å². The van der Waals surface area contributed by atoms with E-state index < -0.39 is 148 Å². The van der Waals surface area contributed by atoms with Gasteiger partial charge in [-0.1, -0.05) is 0 Å². The predicted octanol–water partition coefficient (Wildman–Crippen LogP) is -8.06. The van der Waals surface area contributed by atoms with E-state index in [4.69, 9.17) is 37.9 Å². The monoisotopic (exact) mass is 706 g/mol. The van der Waals surface area contributed by atoms with Gasteiger partial charge >= 0.3 is 11.9 Å². The molecule has 0 aromatic heterocycles. The van der Waals surface area contributed by atoms with Crippen molar-refractivity contribution in [1.82, 2.24) is 0 Å². The van der Waals surface area contributed by atoms with Gasteiger partial charge in [-0.25, -0.2) is 4.79 Å². The molecule has 0 aliphatic carbocycles. The number of aliphatic carboxylic acids is 1. The minimum absolute atomic E-state index is 0.809. The number of carbonyl (C=O) groups is 2. The van der Waals surface area contributed by atoms with E-state index in [1.165, 1.54) is 6.92 Å². The molecule has 22 heteroatoms. The molecule has 1 unspecified atom stereocenters. The molecular formula is C26H42O22. The Hall–Kier alpha value is -1.78. The fourth-order valence-electron chi connectivity index (χ4n) is 5.80. The minimum atomic E-state index is -2.18. The van der Waals surface area contributed by atoms with E-state index in [0.29, 0.717) is 0 Å². The quantitative estimate of drug-likeness (QED) is 0.0938. The summed E-state index contributed by atoms with van der Waals surface area (Å²) in [6.07, 6.45) is -36.7. The molecule has 0 radical (unpaired) electrons. The number of esters is 1. The third-order valence-corrected chi connectivity index (χ3v) is 8.40. The maximum Gasteiger partial charge on any atom is 0.335 e. The Bertz CT molecular complexity index is 1080. The maximum absolute atomic E-state index is 12.2. The van der Waals surface area contributed by atoms with Crippen molar-refractivity contribution in [2.45, 2.75) is 137 Å². The first-order valence-corrected chi connectivity index (χ1v) is 14.8. The molecule has 278 valence electrons. The molecule has 4 aliphatic rings. The van der Waals surface area contributed by atoms with E-state index in [9.17, 15) is 70.9 Å². The molecule has 0 spiro atoms. The van der Waals surface area contributed by atoms with Crippen LogP contribution in [0.4, 0.5) is 0 Å². The number of hydrogen-bond donors (Lipinski definition) is 12. The summed E-state index contributed by atoms with van der Waals surface area (Å²) in [4.78, 5) is 23.8. The van der Waals surface area contributed by atoms with Crippen LogP contribution in [0.1, 0.15) is 13.8 Å². The topological polar surface area (TPSA) is 351 Å². The van der Waals surface area contributed by atoms with Gasteiger partial charge in [0.2, 0.25) is 0 Å². The fraction of sp³-hybridized carbons (Fsp3) is 0.923. The lowest BCUT2D eigenvalue weighted by Gasteiger charge is -2.48. The second-order valence-electron chi connectivity index (χ2n) is 11.7. The fourth-order valence-corrected chi connectivity index (χ4v) is 5.80. The van der Waals surface area contributed by atoms with E-state index in [-0.39, 0.29) is 0 Å². The maximum atomic E-state index is 12.2. The Morgan fingerprint density at radius 2 is 1.04 bits per heavy atom. The van der Waals surface area contributed by atoms with Gasteiger partial charge < -0.3 is 99.2 Å². The zero-order valence-corrected chi connectivity index (χ0v) is 25.4. The average molecular weight is 707 g/mol. The SMILES string of the molecule is CC(=O)O[C@@H]1[C@H](O[C@@H]2O[C@H](C(=O)O)[C@@H](O[C@H]3O[C@H](CO)[C@@H](O[C@@H]4O[C@H](CO)[C@H](O)[C@H](O)[C@H]4O)[C@H](O)[C@H]3O)[C@H](O)[C@H]2O)[C@H](C)OC(O)[C@H]1O. The summed E-state index contributed by atoms with van der Waals surface area (Å²) in [6, 6.07) is 0. The van der Waals surface area contributed by atoms with Gasteiger partial charge in [0.05, 0.1) is 19.3 Å². The van der Waals surface area contributed by atoms with E-state index in [1.54, 1.807) is 0 Å². The van der Waals surface area contributed by atoms with Gasteiger partial charge in [0.15, 0.2) is 37.4 Å². The number of aliphatic hydroxyl groups excluding tert-OH is 11. The first-order chi connectivity index (χ1) is 22.5. The average Bonchev–Trinajstić information content (AvgIpc) is 3.03. The number of carboxylic acid groups (broad SMARTS) is 1. The van der Waals surface area contributed by atoms with Crippen molar-refractivity contribution in [1.29, 1.82) is 0 Å². The van der Waals surface area contributed by atoms with Crippen LogP contribution in [0.15, 0.2) is 0 Å². The lowest BCUT2D eigenvalue weighted by atomic mass is 9.95. The molecule has 22 nitrogen and oxygen atoms in total. The normalized spacial score (nSPS) is 50.1. The van der Waals surface area contributed by atoms with E-state index in [1.807, 2.05) is 0 Å². The van der Waals surface area contributed by atoms with Crippen LogP contribution in [0.5, 0.6) is 0 Å². The van der Waals surface area contributed by atoms with Crippen molar-refractivity contribution in [3.63, 3.8) is 0 Å². The van der Waals surface area contributed by atoms with E-state index in [0.717, 1.165) is 6.92 Å². The Morgan fingerprint density at radius 3 is 1.58 bits per heavy atom. The second-order valence-corrected chi connectivity index (χ2v) is 11.7. The minimum Gasteiger partial charge on any atom is -0.479 e. The Morgan fingerprint density at radius 1 is 0.562 bits per heavy atom. The van der Waals surface area contributed by atoms with E-state index >= 15 is 0 Å². The highest BCUT2D eigenvalue weighted by atomic mass is 16.8. The standard InChI is InChI=1S/C26H42O22/c1-5-17(20(42-6(2)29)16(37)23(40)41-5)45-26-15(36)12(33)19(21(48-26)22(38)39)47-25-14(35)11(32)18(8(4-28)44-25)46-24-13(34)10(31)9(30)7(3-27)43-24/h5,7-21,23-28,30-37,40H,3-4H2,1-2H3,(H,38,39)/t5-,7+,8+,9-,10-,11+,12+,13+,14+,15+,16-,17+,18+,19-,20-,21-,23?,24-,25+,26+/m0/s1. The number of hydrogen-bond acceptors (Lipinski definition) is 21. The van der Waals surface area contributed by atoms with Crippen molar-refractivity contribution in [2.75, 3.05) is 13.2 Å². The molecule has 4 saturated heterocycles. The van der Waals surface area contributed by atoms with Crippen LogP contribution in [-0.2, 0) is 47.5 Å². The molecular weight excluding hydrogens is 664 g/mol. The third-order valence-electron chi connectivity index (χ3n) is 8.40. The molecule has 4 fully saturated rings. The van der Waals surface area contributed by atoms with Gasteiger partial charge in [0, 0.05) is 6.92 Å². The van der Waals surface area contributed by atoms with Crippen LogP contribution >= 0.6 is 0 Å². The molecule has 0 amide bonds. The van der Waals surface area contributed by atoms with Crippen LogP contribution in [0.3, 0.4) is 0 Å². The first-order valence-electron chi connectivity index (χ1n) is 14.8. The van der Waals surface area contributed by atoms with Gasteiger partial charge in [-0.15, -0.1) is 0 Å². The molecule has 0 aromatic rings. The molecule has 4 aliphatic heterocycles. The predicted molar refractivity (Wildman–Crippen MR) is 143 cm³/mol. The van der Waals surface area contributed by atoms with Crippen LogP contribution in [0.2, 0.25) is 0 Å². The van der Waals surface area contributed by atoms with Crippen LogP contribution in [-0.4, -0.2) is 209 Å². The zero-order valence-electron chi connectivity index (χ0n) is 25.4. The summed E-state index contributed by atoms with van der Waals surface area (Å²) in [5.74, 6) is -2.68. The molecule has 20 atom stereocenters. The number of rotatable bonds is 10. The van der Waals surface area contributed by atoms with Crippen molar-refractivity contribution in [3.8, 4) is 0 Å². The summed E-state index contributed by atoms with van der Waals surface area (Å²) < 4.78 is 42.7. The largest absolute Gasteiger partial charge is 0.479 e. The lowest BCUT2D eigenvalue weighted by molar-refractivity contribution is -0.383. The number of ether oxygens (including phenoxy) is 8. The molecule has 0 bridgehead atoms. The number of carbonyl (C=O) groups excluding carboxylic acids is 1. The highest BCUT2D eigenvalue weighted by Crippen LogP contribution is 2.34. The second kappa shape index (κ2) is 16.1. The highest BCUT2D eigenvalue weighted by Gasteiger charge is 2.56. The van der Waals surface area contributed by atoms with Gasteiger partial charge in [-0.05, 0) is 6.92 Å². The summed E-state index contributed by atoms with van der Waals surface area (Å²) >= 11 is 0. The Labute approximate surface area is 271 Å². The molecule has 0 aromatic carbocycles. The summed E-state index contributed by atoms with van der Waals surface area (Å²) in [5, 5.41) is 123.